The Balaban J connectivity index is 0.000000922. The molecule has 4 atom stereocenters. The number of methoxy groups -OCH3 is 2. The molecule has 6 N–H and O–H groups in total. The molecule has 0 heterocycles. The lowest BCUT2D eigenvalue weighted by Gasteiger charge is -2.19. The number of carbonyl (C=O) groups excluding carboxylic acids is 5. The summed E-state index contributed by atoms with van der Waals surface area (Å²) < 4.78 is 9.40. The van der Waals surface area contributed by atoms with Crippen LogP contribution in [0.1, 0.15) is 78.4 Å². The summed E-state index contributed by atoms with van der Waals surface area (Å²) in [5.41, 5.74) is 7.29. The first-order valence-corrected chi connectivity index (χ1v) is 17.6. The minimum Gasteiger partial charge on any atom is -0.481 e. The van der Waals surface area contributed by atoms with Gasteiger partial charge in [0, 0.05) is 25.5 Å². The van der Waals surface area contributed by atoms with Gasteiger partial charge in [0.25, 0.3) is 0 Å². The van der Waals surface area contributed by atoms with E-state index in [4.69, 9.17) is 20.7 Å². The smallest absolute Gasteiger partial charge is 0.328 e. The van der Waals surface area contributed by atoms with Crippen LogP contribution >= 0.6 is 0 Å². The van der Waals surface area contributed by atoms with Crippen LogP contribution in [-0.2, 0) is 55.9 Å². The van der Waals surface area contributed by atoms with Gasteiger partial charge in [0.2, 0.25) is 11.8 Å². The Morgan fingerprint density at radius 3 is 1.42 bits per heavy atom. The zero-order valence-electron chi connectivity index (χ0n) is 33.1. The molecule has 0 radical (unpaired) electrons. The maximum Gasteiger partial charge on any atom is 0.328 e. The summed E-state index contributed by atoms with van der Waals surface area (Å²) in [6, 6.07) is 14.1. The van der Waals surface area contributed by atoms with Crippen molar-refractivity contribution in [3.8, 4) is 0 Å². The molecule has 55 heavy (non-hydrogen) atoms. The number of rotatable bonds is 17. The van der Waals surface area contributed by atoms with Gasteiger partial charge < -0.3 is 40.8 Å². The number of amides is 2. The van der Waals surface area contributed by atoms with Crippen LogP contribution in [0.2, 0.25) is 0 Å². The number of aliphatic imine (C=N–C) groups is 1. The van der Waals surface area contributed by atoms with Crippen molar-refractivity contribution in [3.63, 3.8) is 0 Å². The van der Waals surface area contributed by atoms with E-state index in [9.17, 15) is 33.6 Å². The first-order valence-electron chi connectivity index (χ1n) is 17.6. The molecule has 15 nitrogen and oxygen atoms in total. The Labute approximate surface area is 323 Å². The Hall–Kier alpha value is -5.44. The van der Waals surface area contributed by atoms with E-state index < -0.39 is 72.7 Å². The molecule has 2 aromatic rings. The average Bonchev–Trinajstić information content (AvgIpc) is 3.09. The highest BCUT2D eigenvalue weighted by Crippen LogP contribution is 2.17. The number of aliphatic carboxylic acids is 2. The van der Waals surface area contributed by atoms with Gasteiger partial charge in [0.1, 0.15) is 24.4 Å². The lowest BCUT2D eigenvalue weighted by Crippen LogP contribution is -2.50. The maximum atomic E-state index is 12.6. The highest BCUT2D eigenvalue weighted by atomic mass is 16.5. The maximum absolute atomic E-state index is 12.6. The Bertz CT molecular complexity index is 1540. The third kappa shape index (κ3) is 24.5. The van der Waals surface area contributed by atoms with Crippen LogP contribution < -0.4 is 16.4 Å². The number of carbonyl (C=O) groups is 7. The molecule has 0 aromatic heterocycles. The van der Waals surface area contributed by atoms with Crippen molar-refractivity contribution in [2.24, 2.45) is 21.6 Å². The summed E-state index contributed by atoms with van der Waals surface area (Å²) in [5.74, 6) is -4.86. The molecule has 0 unspecified atom stereocenters. The van der Waals surface area contributed by atoms with Crippen LogP contribution in [0.5, 0.6) is 0 Å². The number of carboxylic acids is 2. The SMILES string of the molecule is CC(C)(C)CC=O.COC(=O)[C@H](Cc1ccccc1)NC(=O)[C@@H](N)CC(=O)O.COC(=O)[C@H](Cc1ccccc1)NC(=O)[C@H](CC(=O)O)N=CCC(C)(C)C. The van der Waals surface area contributed by atoms with E-state index in [-0.39, 0.29) is 23.7 Å². The number of nitrogens with one attached hydrogen (secondary N) is 2. The van der Waals surface area contributed by atoms with Crippen LogP contribution in [0.4, 0.5) is 0 Å². The minimum atomic E-state index is -1.22. The molecule has 0 aliphatic rings. The van der Waals surface area contributed by atoms with Gasteiger partial charge in [-0.05, 0) is 28.4 Å². The van der Waals surface area contributed by atoms with Crippen molar-refractivity contribution in [3.05, 3.63) is 71.8 Å². The van der Waals surface area contributed by atoms with Crippen LogP contribution in [0.25, 0.3) is 0 Å². The number of hydrogen-bond donors (Lipinski definition) is 5. The highest BCUT2D eigenvalue weighted by Gasteiger charge is 2.28. The number of esters is 2. The molecule has 2 amide bonds. The van der Waals surface area contributed by atoms with Gasteiger partial charge >= 0.3 is 23.9 Å². The predicted octanol–water partition coefficient (Wildman–Crippen LogP) is 3.55. The van der Waals surface area contributed by atoms with E-state index in [1.807, 2.05) is 90.1 Å². The van der Waals surface area contributed by atoms with Gasteiger partial charge in [-0.15, -0.1) is 0 Å². The molecule has 0 bridgehead atoms. The third-order valence-electron chi connectivity index (χ3n) is 7.26. The molecule has 0 aliphatic heterocycles. The summed E-state index contributed by atoms with van der Waals surface area (Å²) in [5, 5.41) is 22.7. The highest BCUT2D eigenvalue weighted by molar-refractivity contribution is 5.91. The third-order valence-corrected chi connectivity index (χ3v) is 7.26. The Morgan fingerprint density at radius 1 is 0.691 bits per heavy atom. The number of carboxylic acid groups (broad SMARTS) is 2. The molecule has 2 aromatic carbocycles. The lowest BCUT2D eigenvalue weighted by atomic mass is 9.93. The molecule has 0 aliphatic carbocycles. The van der Waals surface area contributed by atoms with Gasteiger partial charge in [-0.25, -0.2) is 9.59 Å². The van der Waals surface area contributed by atoms with E-state index in [1.54, 1.807) is 18.3 Å². The van der Waals surface area contributed by atoms with Crippen molar-refractivity contribution >= 4 is 48.2 Å². The van der Waals surface area contributed by atoms with Crippen LogP contribution in [0, 0.1) is 10.8 Å². The number of nitrogens with zero attached hydrogens (tertiary/aromatic N) is 1. The molecule has 0 saturated carbocycles. The summed E-state index contributed by atoms with van der Waals surface area (Å²) in [6.07, 6.45) is 3.30. The van der Waals surface area contributed by atoms with Crippen molar-refractivity contribution in [2.75, 3.05) is 14.2 Å². The topological polar surface area (TPSA) is 241 Å². The molecule has 0 fully saturated rings. The second kappa shape index (κ2) is 25.6. The first kappa shape index (κ1) is 49.6. The molecule has 0 saturated heterocycles. The lowest BCUT2D eigenvalue weighted by molar-refractivity contribution is -0.146. The van der Waals surface area contributed by atoms with Crippen molar-refractivity contribution in [2.45, 2.75) is 104 Å². The van der Waals surface area contributed by atoms with Crippen LogP contribution in [-0.4, -0.2) is 96.8 Å². The Kier molecular flexibility index (Phi) is 23.0. The number of nitrogens with two attached hydrogens (primary N) is 1. The second-order valence-corrected chi connectivity index (χ2v) is 14.9. The minimum absolute atomic E-state index is 0.0321. The number of aldehydes is 1. The van der Waals surface area contributed by atoms with Gasteiger partial charge in [-0.2, -0.15) is 0 Å². The molecule has 304 valence electrons. The van der Waals surface area contributed by atoms with E-state index >= 15 is 0 Å². The largest absolute Gasteiger partial charge is 0.481 e. The fourth-order valence-corrected chi connectivity index (χ4v) is 4.28. The van der Waals surface area contributed by atoms with Crippen LogP contribution in [0.15, 0.2) is 65.7 Å². The summed E-state index contributed by atoms with van der Waals surface area (Å²) in [7, 11) is 2.45. The summed E-state index contributed by atoms with van der Waals surface area (Å²) >= 11 is 0. The van der Waals surface area contributed by atoms with E-state index in [1.165, 1.54) is 14.2 Å². The molecular weight excluding hydrogens is 712 g/mol. The van der Waals surface area contributed by atoms with E-state index in [0.717, 1.165) is 17.4 Å². The normalized spacial score (nSPS) is 13.2. The van der Waals surface area contributed by atoms with Gasteiger partial charge in [0.05, 0.1) is 33.1 Å². The fourth-order valence-electron chi connectivity index (χ4n) is 4.28. The summed E-state index contributed by atoms with van der Waals surface area (Å²) in [6.45, 7) is 12.2. The monoisotopic (exact) mass is 770 g/mol. The quantitative estimate of drug-likeness (QED) is 0.0882. The standard InChI is InChI=1S/C20H28N2O5.C14H18N2O5.C6H12O/c1-20(2,3)10-11-21-15(13-17(23)24)18(25)22-16(19(26)27-4)12-14-8-6-5-7-9-14;1-21-14(20)11(7-9-5-3-2-4-6-9)16-13(19)10(15)8-12(17)18;1-6(2,3)4-5-7/h5-9,11,15-16H,10,12-13H2,1-4H3,(H,22,25)(H,23,24);2-6,10-11H,7-8,15H2,1H3,(H,16,19)(H,17,18);5H,4H2,1-3H3/t15-,16-;10-,11-;/m00./s1. The number of benzene rings is 2. The van der Waals surface area contributed by atoms with E-state index in [0.29, 0.717) is 12.8 Å². The van der Waals surface area contributed by atoms with Crippen LogP contribution in [0.3, 0.4) is 0 Å². The van der Waals surface area contributed by atoms with Gasteiger partial charge in [0.15, 0.2) is 0 Å². The number of hydrogen-bond acceptors (Lipinski definition) is 11. The molecule has 0 spiro atoms. The molecule has 2 rings (SSSR count). The first-order chi connectivity index (χ1) is 25.6. The van der Waals surface area contributed by atoms with Gasteiger partial charge in [-0.3, -0.25) is 24.2 Å². The van der Waals surface area contributed by atoms with Crippen molar-refractivity contribution in [1.82, 2.24) is 10.6 Å². The zero-order valence-corrected chi connectivity index (χ0v) is 33.1. The zero-order chi connectivity index (χ0) is 42.2. The van der Waals surface area contributed by atoms with E-state index in [2.05, 4.69) is 20.4 Å². The Morgan fingerprint density at radius 2 is 1.09 bits per heavy atom. The fraction of sp³-hybridized carbons (Fsp3) is 0.500. The van der Waals surface area contributed by atoms with Crippen molar-refractivity contribution in [1.29, 1.82) is 0 Å². The predicted molar refractivity (Wildman–Crippen MR) is 207 cm³/mol. The summed E-state index contributed by atoms with van der Waals surface area (Å²) in [4.78, 5) is 83.7. The average molecular weight is 771 g/mol. The number of ether oxygens (including phenoxy) is 2. The second-order valence-electron chi connectivity index (χ2n) is 14.9. The van der Waals surface area contributed by atoms with Gasteiger partial charge in [-0.1, -0.05) is 102 Å². The molecular formula is C40H58N4O11. The molecule has 15 heteroatoms. The van der Waals surface area contributed by atoms with Crippen molar-refractivity contribution < 1.29 is 53.2 Å².